The molecule has 1 saturated carbocycles. The van der Waals surface area contributed by atoms with E-state index in [9.17, 15) is 0 Å². The summed E-state index contributed by atoms with van der Waals surface area (Å²) in [6.07, 6.45) is 10.1. The molecule has 2 fully saturated rings. The maximum atomic E-state index is 2.82. The lowest BCUT2D eigenvalue weighted by molar-refractivity contribution is 0.151. The Hall–Kier alpha value is -0.670. The van der Waals surface area contributed by atoms with Crippen molar-refractivity contribution in [1.82, 2.24) is 4.90 Å². The molecule has 0 unspecified atom stereocenters. The summed E-state index contributed by atoms with van der Waals surface area (Å²) in [5, 5.41) is 0. The number of hydrogen-bond acceptors (Lipinski definition) is 3. The second kappa shape index (κ2) is 6.57. The molecule has 4 aliphatic rings. The van der Waals surface area contributed by atoms with E-state index in [1.807, 2.05) is 0 Å². The summed E-state index contributed by atoms with van der Waals surface area (Å²) in [5.74, 6) is 3.03. The molecule has 0 radical (unpaired) electrons. The molecule has 3 heteroatoms. The maximum absolute atomic E-state index is 2.82. The number of para-hydroxylation sites is 1. The van der Waals surface area contributed by atoms with Crippen molar-refractivity contribution >= 4 is 17.4 Å². The Bertz CT molecular complexity index is 596. The molecule has 0 N–H and O–H groups in total. The minimum Gasteiger partial charge on any atom is -0.367 e. The van der Waals surface area contributed by atoms with E-state index in [-0.39, 0.29) is 0 Å². The first-order valence-corrected chi connectivity index (χ1v) is 11.1. The number of likely N-dealkylation sites (tertiary alicyclic amines) is 1. The largest absolute Gasteiger partial charge is 0.367 e. The van der Waals surface area contributed by atoms with Crippen LogP contribution in [0, 0.1) is 5.92 Å². The normalized spacial score (nSPS) is 30.8. The van der Waals surface area contributed by atoms with Crippen molar-refractivity contribution in [3.63, 3.8) is 0 Å². The molecular weight excluding hydrogens is 312 g/mol. The van der Waals surface area contributed by atoms with Crippen LogP contribution in [0.3, 0.4) is 0 Å². The molecule has 3 heterocycles. The highest BCUT2D eigenvalue weighted by Crippen LogP contribution is 2.50. The fraction of sp³-hybridized carbons (Fsp3) is 0.714. The van der Waals surface area contributed by atoms with Crippen LogP contribution >= 0.6 is 11.8 Å². The van der Waals surface area contributed by atoms with Crippen molar-refractivity contribution < 1.29 is 0 Å². The van der Waals surface area contributed by atoms with Crippen molar-refractivity contribution in [2.75, 3.05) is 36.8 Å². The van der Waals surface area contributed by atoms with E-state index in [2.05, 4.69) is 39.8 Å². The Morgan fingerprint density at radius 1 is 1.00 bits per heavy atom. The van der Waals surface area contributed by atoms with Gasteiger partial charge < -0.3 is 9.80 Å². The molecule has 24 heavy (non-hydrogen) atoms. The van der Waals surface area contributed by atoms with Gasteiger partial charge in [0, 0.05) is 43.0 Å². The molecule has 0 amide bonds. The summed E-state index contributed by atoms with van der Waals surface area (Å²) >= 11 is 2.09. The van der Waals surface area contributed by atoms with Gasteiger partial charge in [0.25, 0.3) is 0 Å². The van der Waals surface area contributed by atoms with Crippen LogP contribution < -0.4 is 4.90 Å². The van der Waals surface area contributed by atoms with Crippen molar-refractivity contribution in [2.45, 2.75) is 61.8 Å². The fourth-order valence-electron chi connectivity index (χ4n) is 5.71. The number of rotatable bonds is 2. The molecule has 1 aromatic rings. The SMILES string of the molecule is c1cc2c3c(c1)[C@H]1CN(CC4CCCCC4)CC[C@H]1N3CCCS2. The maximum Gasteiger partial charge on any atom is 0.0543 e. The molecule has 0 bridgehead atoms. The third-order valence-electron chi connectivity index (χ3n) is 6.82. The second-order valence-electron chi connectivity index (χ2n) is 8.32. The Morgan fingerprint density at radius 3 is 2.83 bits per heavy atom. The van der Waals surface area contributed by atoms with Gasteiger partial charge in [-0.15, -0.1) is 11.8 Å². The third-order valence-corrected chi connectivity index (χ3v) is 7.95. The average Bonchev–Trinajstić information content (AvgIpc) is 2.78. The predicted octanol–water partition coefficient (Wildman–Crippen LogP) is 4.74. The van der Waals surface area contributed by atoms with Crippen molar-refractivity contribution in [3.05, 3.63) is 23.8 Å². The van der Waals surface area contributed by atoms with Crippen LogP contribution in [0.4, 0.5) is 5.69 Å². The molecule has 2 nitrogen and oxygen atoms in total. The molecule has 0 spiro atoms. The number of hydrogen-bond donors (Lipinski definition) is 0. The van der Waals surface area contributed by atoms with Crippen molar-refractivity contribution in [1.29, 1.82) is 0 Å². The first kappa shape index (κ1) is 15.6. The quantitative estimate of drug-likeness (QED) is 0.766. The van der Waals surface area contributed by atoms with E-state index >= 15 is 0 Å². The molecule has 1 aliphatic carbocycles. The van der Waals surface area contributed by atoms with E-state index in [1.54, 1.807) is 16.1 Å². The summed E-state index contributed by atoms with van der Waals surface area (Å²) in [6, 6.07) is 7.89. The molecule has 3 aliphatic heterocycles. The summed E-state index contributed by atoms with van der Waals surface area (Å²) in [5.41, 5.74) is 3.29. The zero-order valence-electron chi connectivity index (χ0n) is 14.8. The van der Waals surface area contributed by atoms with Gasteiger partial charge in [-0.1, -0.05) is 31.4 Å². The van der Waals surface area contributed by atoms with Crippen molar-refractivity contribution in [3.8, 4) is 0 Å². The smallest absolute Gasteiger partial charge is 0.0543 e. The van der Waals surface area contributed by atoms with Gasteiger partial charge in [0.15, 0.2) is 0 Å². The molecule has 1 saturated heterocycles. The first-order chi connectivity index (χ1) is 11.9. The lowest BCUT2D eigenvalue weighted by Crippen LogP contribution is -2.47. The minimum atomic E-state index is 0.760. The molecule has 0 aromatic heterocycles. The van der Waals surface area contributed by atoms with E-state index in [0.717, 1.165) is 17.9 Å². The van der Waals surface area contributed by atoms with Gasteiger partial charge in [-0.05, 0) is 49.0 Å². The number of anilines is 1. The van der Waals surface area contributed by atoms with Crippen molar-refractivity contribution in [2.24, 2.45) is 5.92 Å². The average molecular weight is 343 g/mol. The Morgan fingerprint density at radius 2 is 1.92 bits per heavy atom. The lowest BCUT2D eigenvalue weighted by Gasteiger charge is -2.40. The first-order valence-electron chi connectivity index (χ1n) is 10.1. The number of piperidine rings is 1. The summed E-state index contributed by atoms with van der Waals surface area (Å²) in [4.78, 5) is 7.17. The summed E-state index contributed by atoms with van der Waals surface area (Å²) in [7, 11) is 0. The van der Waals surface area contributed by atoms with Gasteiger partial charge in [0.05, 0.1) is 5.69 Å². The van der Waals surface area contributed by atoms with Gasteiger partial charge >= 0.3 is 0 Å². The van der Waals surface area contributed by atoms with E-state index < -0.39 is 0 Å². The number of nitrogens with zero attached hydrogens (tertiary/aromatic N) is 2. The number of thioether (sulfide) groups is 1. The highest BCUT2D eigenvalue weighted by Gasteiger charge is 2.43. The zero-order chi connectivity index (χ0) is 15.9. The Labute approximate surface area is 151 Å². The summed E-state index contributed by atoms with van der Waals surface area (Å²) < 4.78 is 0. The molecule has 130 valence electrons. The van der Waals surface area contributed by atoms with Crippen LogP contribution in [0.25, 0.3) is 0 Å². The van der Waals surface area contributed by atoms with Gasteiger partial charge in [-0.25, -0.2) is 0 Å². The molecule has 2 atom stereocenters. The number of fused-ring (bicyclic) bond motifs is 3. The van der Waals surface area contributed by atoms with Crippen LogP contribution in [0.1, 0.15) is 56.4 Å². The Balaban J connectivity index is 1.37. The van der Waals surface area contributed by atoms with Crippen LogP contribution in [-0.2, 0) is 0 Å². The van der Waals surface area contributed by atoms with Crippen LogP contribution in [0.15, 0.2) is 23.1 Å². The zero-order valence-corrected chi connectivity index (χ0v) is 15.6. The Kier molecular flexibility index (Phi) is 4.26. The fourth-order valence-corrected chi connectivity index (χ4v) is 6.75. The van der Waals surface area contributed by atoms with Crippen LogP contribution in [0.5, 0.6) is 0 Å². The monoisotopic (exact) mass is 342 g/mol. The van der Waals surface area contributed by atoms with Gasteiger partial charge in [0.2, 0.25) is 0 Å². The topological polar surface area (TPSA) is 6.48 Å². The predicted molar refractivity (Wildman–Crippen MR) is 103 cm³/mol. The lowest BCUT2D eigenvalue weighted by atomic mass is 9.86. The van der Waals surface area contributed by atoms with Crippen LogP contribution in [0.2, 0.25) is 0 Å². The highest BCUT2D eigenvalue weighted by atomic mass is 32.2. The minimum absolute atomic E-state index is 0.760. The standard InChI is InChI=1S/C21H30N2S/c1-2-6-16(7-3-1)14-22-12-10-19-18(15-22)17-8-4-9-20-21(17)23(19)11-5-13-24-20/h4,8-9,16,18-19H,1-3,5-7,10-15H2/t18-,19-/m1/s1. The molecular formula is C21H30N2S. The number of benzene rings is 1. The summed E-state index contributed by atoms with van der Waals surface area (Å²) in [6.45, 7) is 5.28. The third kappa shape index (κ3) is 2.68. The molecule has 5 rings (SSSR count). The van der Waals surface area contributed by atoms with E-state index in [0.29, 0.717) is 0 Å². The highest BCUT2D eigenvalue weighted by molar-refractivity contribution is 7.99. The van der Waals surface area contributed by atoms with Gasteiger partial charge in [-0.2, -0.15) is 0 Å². The van der Waals surface area contributed by atoms with E-state index in [1.165, 1.54) is 76.9 Å². The van der Waals surface area contributed by atoms with Gasteiger partial charge in [-0.3, -0.25) is 0 Å². The van der Waals surface area contributed by atoms with E-state index in [4.69, 9.17) is 0 Å². The van der Waals surface area contributed by atoms with Crippen LogP contribution in [-0.4, -0.2) is 42.9 Å². The molecule has 1 aromatic carbocycles. The second-order valence-corrected chi connectivity index (χ2v) is 9.45. The van der Waals surface area contributed by atoms with Gasteiger partial charge in [0.1, 0.15) is 0 Å².